The third-order valence-corrected chi connectivity index (χ3v) is 5.49. The minimum atomic E-state index is -0.958. The number of hydrogen-bond acceptors (Lipinski definition) is 4. The third kappa shape index (κ3) is 13.1. The van der Waals surface area contributed by atoms with E-state index in [2.05, 4.69) is 19.2 Å². The minimum Gasteiger partial charge on any atom is -0.492 e. The van der Waals surface area contributed by atoms with E-state index >= 15 is 0 Å². The van der Waals surface area contributed by atoms with Gasteiger partial charge in [-0.2, -0.15) is 0 Å². The van der Waals surface area contributed by atoms with Gasteiger partial charge in [0.2, 0.25) is 0 Å². The molecule has 0 saturated carbocycles. The Labute approximate surface area is 199 Å². The highest BCUT2D eigenvalue weighted by Crippen LogP contribution is 2.15. The Balaban J connectivity index is 2.50. The molecule has 1 atom stereocenters. The van der Waals surface area contributed by atoms with Gasteiger partial charge in [0, 0.05) is 26.1 Å². The number of benzene rings is 1. The predicted octanol–water partition coefficient (Wildman–Crippen LogP) is 5.27. The molecular weight excluding hydrogens is 420 g/mol. The zero-order valence-corrected chi connectivity index (χ0v) is 20.8. The van der Waals surface area contributed by atoms with Crippen molar-refractivity contribution in [1.82, 2.24) is 10.2 Å². The maximum atomic E-state index is 12.6. The smallest absolute Gasteiger partial charge is 0.333 e. The van der Waals surface area contributed by atoms with Gasteiger partial charge in [-0.15, -0.1) is 0 Å². The number of hydrogen-bond donors (Lipinski definition) is 2. The van der Waals surface area contributed by atoms with Crippen LogP contribution in [0, 0.1) is 0 Å². The summed E-state index contributed by atoms with van der Waals surface area (Å²) in [5, 5.41) is 12.2. The first-order valence-electron chi connectivity index (χ1n) is 12.6. The summed E-state index contributed by atoms with van der Waals surface area (Å²) in [7, 11) is 0. The fourth-order valence-electron chi connectivity index (χ4n) is 3.51. The lowest BCUT2D eigenvalue weighted by Crippen LogP contribution is -2.42. The number of unbranched alkanes of at least 4 members (excludes halogenated alkanes) is 6. The van der Waals surface area contributed by atoms with E-state index in [1.165, 1.54) is 25.7 Å². The normalized spacial score (nSPS) is 11.7. The molecule has 1 aromatic rings. The summed E-state index contributed by atoms with van der Waals surface area (Å²) in [6.45, 7) is 8.84. The van der Waals surface area contributed by atoms with Gasteiger partial charge >= 0.3 is 12.0 Å². The van der Waals surface area contributed by atoms with Crippen molar-refractivity contribution < 1.29 is 24.2 Å². The number of amides is 2. The highest BCUT2D eigenvalue weighted by atomic mass is 16.5. The van der Waals surface area contributed by atoms with Gasteiger partial charge in [-0.25, -0.2) is 9.59 Å². The average Bonchev–Trinajstić information content (AvgIpc) is 2.80. The molecule has 33 heavy (non-hydrogen) atoms. The fraction of sp³-hybridized carbons (Fsp3) is 0.692. The number of rotatable bonds is 19. The fourth-order valence-corrected chi connectivity index (χ4v) is 3.51. The van der Waals surface area contributed by atoms with Crippen molar-refractivity contribution in [2.45, 2.75) is 84.7 Å². The van der Waals surface area contributed by atoms with Crippen LogP contribution in [0.25, 0.3) is 0 Å². The van der Waals surface area contributed by atoms with Crippen molar-refractivity contribution in [3.05, 3.63) is 29.8 Å². The summed E-state index contributed by atoms with van der Waals surface area (Å²) >= 11 is 0. The Bertz CT molecular complexity index is 651. The van der Waals surface area contributed by atoms with Crippen LogP contribution >= 0.6 is 0 Å². The molecular formula is C26H44N2O5. The SMILES string of the molecule is CCCCCCCCN(CCOc1ccc(CC(OCC)C(=O)O)cc1)C(=O)NCCCC. The zero-order valence-electron chi connectivity index (χ0n) is 20.8. The summed E-state index contributed by atoms with van der Waals surface area (Å²) in [5.74, 6) is -0.257. The van der Waals surface area contributed by atoms with Gasteiger partial charge in [0.25, 0.3) is 0 Å². The van der Waals surface area contributed by atoms with Crippen LogP contribution in [-0.4, -0.2) is 61.0 Å². The van der Waals surface area contributed by atoms with Crippen molar-refractivity contribution in [2.24, 2.45) is 0 Å². The molecule has 0 fully saturated rings. The zero-order chi connectivity index (χ0) is 24.3. The van der Waals surface area contributed by atoms with Crippen LogP contribution in [0.2, 0.25) is 0 Å². The molecule has 0 heterocycles. The van der Waals surface area contributed by atoms with Crippen molar-refractivity contribution in [2.75, 3.05) is 32.8 Å². The molecule has 0 aromatic heterocycles. The maximum Gasteiger partial charge on any atom is 0.333 e. The van der Waals surface area contributed by atoms with Crippen molar-refractivity contribution in [3.63, 3.8) is 0 Å². The van der Waals surface area contributed by atoms with E-state index in [1.807, 2.05) is 29.2 Å². The van der Waals surface area contributed by atoms with E-state index < -0.39 is 12.1 Å². The Hall–Kier alpha value is -2.28. The monoisotopic (exact) mass is 464 g/mol. The van der Waals surface area contributed by atoms with E-state index in [1.54, 1.807) is 6.92 Å². The van der Waals surface area contributed by atoms with E-state index in [0.29, 0.717) is 38.5 Å². The average molecular weight is 465 g/mol. The highest BCUT2D eigenvalue weighted by molar-refractivity contribution is 5.74. The standard InChI is InChI=1S/C26H44N2O5/c1-4-7-9-10-11-12-18-28(26(31)27-17-8-5-2)19-20-33-23-15-13-22(14-16-23)21-24(25(29)30)32-6-3/h13-16,24H,4-12,17-21H2,1-3H3,(H,27,31)(H,29,30). The van der Waals surface area contributed by atoms with Gasteiger partial charge in [-0.1, -0.05) is 64.5 Å². The van der Waals surface area contributed by atoms with Gasteiger partial charge < -0.3 is 24.8 Å². The second kappa shape index (κ2) is 18.2. The molecule has 0 spiro atoms. The second-order valence-electron chi connectivity index (χ2n) is 8.32. The summed E-state index contributed by atoms with van der Waals surface area (Å²) in [5.41, 5.74) is 0.878. The van der Waals surface area contributed by atoms with E-state index in [-0.39, 0.29) is 6.03 Å². The topological polar surface area (TPSA) is 88.1 Å². The van der Waals surface area contributed by atoms with Gasteiger partial charge in [0.1, 0.15) is 12.4 Å². The predicted molar refractivity (Wildman–Crippen MR) is 132 cm³/mol. The van der Waals surface area contributed by atoms with Crippen LogP contribution in [0.1, 0.15) is 77.7 Å². The lowest BCUT2D eigenvalue weighted by Gasteiger charge is -2.23. The van der Waals surface area contributed by atoms with Crippen LogP contribution in [0.15, 0.2) is 24.3 Å². The van der Waals surface area contributed by atoms with Gasteiger partial charge in [-0.05, 0) is 37.5 Å². The van der Waals surface area contributed by atoms with E-state index in [4.69, 9.17) is 9.47 Å². The lowest BCUT2D eigenvalue weighted by atomic mass is 10.1. The number of carboxylic acids is 1. The maximum absolute atomic E-state index is 12.6. The van der Waals surface area contributed by atoms with Crippen LogP contribution in [-0.2, 0) is 16.0 Å². The molecule has 7 nitrogen and oxygen atoms in total. The second-order valence-corrected chi connectivity index (χ2v) is 8.32. The van der Waals surface area contributed by atoms with Crippen molar-refractivity contribution in [3.8, 4) is 5.75 Å². The molecule has 1 unspecified atom stereocenters. The number of carbonyl (C=O) groups excluding carboxylic acids is 1. The Morgan fingerprint density at radius 2 is 1.61 bits per heavy atom. The molecule has 188 valence electrons. The first kappa shape index (κ1) is 28.8. The van der Waals surface area contributed by atoms with Crippen LogP contribution in [0.3, 0.4) is 0 Å². The number of nitrogens with one attached hydrogen (secondary N) is 1. The molecule has 0 aliphatic carbocycles. The molecule has 2 N–H and O–H groups in total. The molecule has 0 bridgehead atoms. The summed E-state index contributed by atoms with van der Waals surface area (Å²) in [6, 6.07) is 7.36. The molecule has 0 radical (unpaired) electrons. The van der Waals surface area contributed by atoms with Crippen LogP contribution in [0.4, 0.5) is 4.79 Å². The first-order chi connectivity index (χ1) is 16.0. The number of aliphatic carboxylic acids is 1. The molecule has 2 amide bonds. The molecule has 1 rings (SSSR count). The molecule has 0 saturated heterocycles. The summed E-state index contributed by atoms with van der Waals surface area (Å²) < 4.78 is 11.1. The van der Waals surface area contributed by atoms with Gasteiger partial charge in [0.05, 0.1) is 6.54 Å². The Morgan fingerprint density at radius 3 is 2.24 bits per heavy atom. The molecule has 0 aliphatic rings. The number of carboxylic acid groups (broad SMARTS) is 1. The highest BCUT2D eigenvalue weighted by Gasteiger charge is 2.18. The van der Waals surface area contributed by atoms with Gasteiger partial charge in [-0.3, -0.25) is 0 Å². The minimum absolute atomic E-state index is 0.0217. The largest absolute Gasteiger partial charge is 0.492 e. The third-order valence-electron chi connectivity index (χ3n) is 5.49. The summed E-state index contributed by atoms with van der Waals surface area (Å²) in [4.78, 5) is 25.7. The quantitative estimate of drug-likeness (QED) is 0.272. The van der Waals surface area contributed by atoms with E-state index in [9.17, 15) is 14.7 Å². The molecule has 0 aliphatic heterocycles. The first-order valence-corrected chi connectivity index (χ1v) is 12.6. The number of carbonyl (C=O) groups is 2. The van der Waals surface area contributed by atoms with Crippen molar-refractivity contribution in [1.29, 1.82) is 0 Å². The summed E-state index contributed by atoms with van der Waals surface area (Å²) in [6.07, 6.45) is 8.62. The lowest BCUT2D eigenvalue weighted by molar-refractivity contribution is -0.149. The number of nitrogens with zero attached hydrogens (tertiary/aromatic N) is 1. The van der Waals surface area contributed by atoms with Crippen molar-refractivity contribution >= 4 is 12.0 Å². The van der Waals surface area contributed by atoms with Crippen LogP contribution in [0.5, 0.6) is 5.75 Å². The molecule has 1 aromatic carbocycles. The number of urea groups is 1. The number of ether oxygens (including phenoxy) is 2. The van der Waals surface area contributed by atoms with Gasteiger partial charge in [0.15, 0.2) is 6.10 Å². The molecule has 7 heteroatoms. The van der Waals surface area contributed by atoms with Crippen LogP contribution < -0.4 is 10.1 Å². The Morgan fingerprint density at radius 1 is 0.939 bits per heavy atom. The van der Waals surface area contributed by atoms with E-state index in [0.717, 1.165) is 37.8 Å². The Kier molecular flexibility index (Phi) is 15.8.